The lowest BCUT2D eigenvalue weighted by Crippen LogP contribution is -2.59. The third kappa shape index (κ3) is 4.64. The van der Waals surface area contributed by atoms with Crippen molar-refractivity contribution in [1.29, 1.82) is 0 Å². The first-order chi connectivity index (χ1) is 23.1. The second kappa shape index (κ2) is 11.2. The quantitative estimate of drug-likeness (QED) is 0.179. The van der Waals surface area contributed by atoms with Crippen LogP contribution in [0.2, 0.25) is 10.0 Å². The van der Waals surface area contributed by atoms with Crippen LogP contribution in [0.25, 0.3) is 33.4 Å². The van der Waals surface area contributed by atoms with Crippen molar-refractivity contribution in [1.82, 2.24) is 4.98 Å². The van der Waals surface area contributed by atoms with Crippen LogP contribution in [0.15, 0.2) is 152 Å². The highest BCUT2D eigenvalue weighted by Gasteiger charge is 2.43. The Bertz CT molecular complexity index is 2260. The van der Waals surface area contributed by atoms with E-state index < -0.39 is 0 Å². The van der Waals surface area contributed by atoms with Crippen molar-refractivity contribution in [2.75, 3.05) is 4.90 Å². The molecule has 0 atom stereocenters. The fraction of sp³-hybridized carbons (Fsp3) is 0. The van der Waals surface area contributed by atoms with Crippen molar-refractivity contribution in [2.24, 2.45) is 0 Å². The Morgan fingerprint density at radius 3 is 1.87 bits per heavy atom. The first kappa shape index (κ1) is 28.0. The van der Waals surface area contributed by atoms with Gasteiger partial charge in [-0.15, -0.1) is 0 Å². The fourth-order valence-electron chi connectivity index (χ4n) is 7.11. The van der Waals surface area contributed by atoms with Gasteiger partial charge < -0.3 is 9.64 Å². The van der Waals surface area contributed by atoms with E-state index in [1.807, 2.05) is 30.5 Å². The topological polar surface area (TPSA) is 25.4 Å². The SMILES string of the molecule is Clc1ccc2c(c1)Oc1cc(-c3cccnc3)cc3c1B2c1ccc(Cl)cc1N3c1c(-c2ccccc2)cccc1-c1ccccc1. The predicted molar refractivity (Wildman–Crippen MR) is 196 cm³/mol. The van der Waals surface area contributed by atoms with Crippen LogP contribution in [0.4, 0.5) is 17.1 Å². The monoisotopic (exact) mass is 642 g/mol. The molecule has 6 aromatic carbocycles. The van der Waals surface area contributed by atoms with E-state index in [-0.39, 0.29) is 6.71 Å². The number of ether oxygens (including phenoxy) is 1. The number of aromatic nitrogens is 1. The smallest absolute Gasteiger partial charge is 0.256 e. The number of benzene rings is 6. The van der Waals surface area contributed by atoms with Crippen LogP contribution < -0.4 is 26.0 Å². The summed E-state index contributed by atoms with van der Waals surface area (Å²) in [5.41, 5.74) is 12.9. The summed E-state index contributed by atoms with van der Waals surface area (Å²) in [5.74, 6) is 1.55. The molecule has 3 nitrogen and oxygen atoms in total. The maximum Gasteiger partial charge on any atom is 0.256 e. The molecule has 0 fully saturated rings. The molecular formula is C41H25BCl2N2O. The van der Waals surface area contributed by atoms with E-state index in [4.69, 9.17) is 27.9 Å². The molecule has 0 aliphatic carbocycles. The number of halogens is 2. The molecule has 0 saturated heterocycles. The van der Waals surface area contributed by atoms with Gasteiger partial charge in [0.25, 0.3) is 6.71 Å². The largest absolute Gasteiger partial charge is 0.458 e. The summed E-state index contributed by atoms with van der Waals surface area (Å²) < 4.78 is 6.76. The number of nitrogens with zero attached hydrogens (tertiary/aromatic N) is 2. The highest BCUT2D eigenvalue weighted by molar-refractivity contribution is 6.99. The summed E-state index contributed by atoms with van der Waals surface area (Å²) in [6, 6.07) is 48.3. The van der Waals surface area contributed by atoms with Crippen LogP contribution in [0.3, 0.4) is 0 Å². The van der Waals surface area contributed by atoms with Crippen molar-refractivity contribution in [3.8, 4) is 44.9 Å². The second-order valence-electron chi connectivity index (χ2n) is 11.8. The number of rotatable bonds is 4. The van der Waals surface area contributed by atoms with Crippen LogP contribution >= 0.6 is 23.2 Å². The van der Waals surface area contributed by atoms with E-state index >= 15 is 0 Å². The molecule has 1 aromatic heterocycles. The zero-order chi connectivity index (χ0) is 31.5. The van der Waals surface area contributed by atoms with Gasteiger partial charge in [0.05, 0.1) is 5.69 Å². The van der Waals surface area contributed by atoms with Gasteiger partial charge in [-0.2, -0.15) is 0 Å². The first-order valence-electron chi connectivity index (χ1n) is 15.5. The van der Waals surface area contributed by atoms with Crippen molar-refractivity contribution in [3.63, 3.8) is 0 Å². The molecule has 2 aliphatic rings. The second-order valence-corrected chi connectivity index (χ2v) is 12.7. The standard InChI is InChI=1S/C41H25BCl2N2O/c43-30-16-18-34-36(23-30)46(41-32(26-9-3-1-4-10-26)14-7-15-33(41)27-11-5-2-6-12-27)37-21-29(28-13-8-20-45-25-28)22-39-40(37)42(34)35-19-17-31(44)24-38(35)47-39/h1-25H. The lowest BCUT2D eigenvalue weighted by Gasteiger charge is -2.41. The van der Waals surface area contributed by atoms with E-state index in [9.17, 15) is 0 Å². The molecule has 0 radical (unpaired) electrons. The number of hydrogen-bond acceptors (Lipinski definition) is 3. The summed E-state index contributed by atoms with van der Waals surface area (Å²) in [6.45, 7) is -0.0865. The molecule has 2 aliphatic heterocycles. The van der Waals surface area contributed by atoms with Gasteiger partial charge in [0.15, 0.2) is 0 Å². The number of hydrogen-bond donors (Lipinski definition) is 0. The summed E-state index contributed by atoms with van der Waals surface area (Å²) in [4.78, 5) is 6.84. The zero-order valence-corrected chi connectivity index (χ0v) is 26.6. The van der Waals surface area contributed by atoms with Gasteiger partial charge in [-0.05, 0) is 75.5 Å². The van der Waals surface area contributed by atoms with E-state index in [1.165, 1.54) is 0 Å². The van der Waals surface area contributed by atoms with Crippen LogP contribution in [0, 0.1) is 0 Å². The number of anilines is 3. The lowest BCUT2D eigenvalue weighted by molar-refractivity contribution is 0.488. The van der Waals surface area contributed by atoms with Gasteiger partial charge in [-0.3, -0.25) is 4.98 Å². The molecule has 0 amide bonds. The first-order valence-corrected chi connectivity index (χ1v) is 16.3. The summed E-state index contributed by atoms with van der Waals surface area (Å²) in [5, 5.41) is 1.30. The van der Waals surface area contributed by atoms with Crippen molar-refractivity contribution in [2.45, 2.75) is 0 Å². The van der Waals surface area contributed by atoms with E-state index in [0.29, 0.717) is 10.0 Å². The van der Waals surface area contributed by atoms with Crippen LogP contribution in [-0.2, 0) is 0 Å². The number of pyridine rings is 1. The maximum absolute atomic E-state index is 6.88. The molecular weight excluding hydrogens is 618 g/mol. The van der Waals surface area contributed by atoms with E-state index in [1.54, 1.807) is 6.20 Å². The Kier molecular flexibility index (Phi) is 6.67. The molecule has 0 bridgehead atoms. The number of fused-ring (bicyclic) bond motifs is 4. The average molecular weight is 643 g/mol. The van der Waals surface area contributed by atoms with Gasteiger partial charge in [-0.1, -0.05) is 120 Å². The molecule has 7 aromatic rings. The maximum atomic E-state index is 6.88. The lowest BCUT2D eigenvalue weighted by atomic mass is 9.34. The Morgan fingerprint density at radius 1 is 0.532 bits per heavy atom. The van der Waals surface area contributed by atoms with Crippen molar-refractivity contribution in [3.05, 3.63) is 162 Å². The van der Waals surface area contributed by atoms with Crippen molar-refractivity contribution >= 4 is 63.4 Å². The Morgan fingerprint density at radius 2 is 1.19 bits per heavy atom. The molecule has 47 heavy (non-hydrogen) atoms. The summed E-state index contributed by atoms with van der Waals surface area (Å²) in [6.07, 6.45) is 3.69. The minimum Gasteiger partial charge on any atom is -0.458 e. The molecule has 0 unspecified atom stereocenters. The molecule has 3 heterocycles. The molecule has 9 rings (SSSR count). The Hall–Kier alpha value is -5.29. The van der Waals surface area contributed by atoms with Gasteiger partial charge in [0.1, 0.15) is 11.5 Å². The van der Waals surface area contributed by atoms with Crippen molar-refractivity contribution < 1.29 is 4.74 Å². The van der Waals surface area contributed by atoms with Gasteiger partial charge in [0, 0.05) is 50.5 Å². The predicted octanol–water partition coefficient (Wildman–Crippen LogP) is 9.79. The minimum absolute atomic E-state index is 0.0865. The van der Waals surface area contributed by atoms with Gasteiger partial charge in [0.2, 0.25) is 0 Å². The Balaban J connectivity index is 1.42. The van der Waals surface area contributed by atoms with Gasteiger partial charge >= 0.3 is 0 Å². The fourth-order valence-corrected chi connectivity index (χ4v) is 7.44. The molecule has 222 valence electrons. The Labute approximate surface area is 283 Å². The summed E-state index contributed by atoms with van der Waals surface area (Å²) in [7, 11) is 0. The van der Waals surface area contributed by atoms with Gasteiger partial charge in [-0.25, -0.2) is 0 Å². The molecule has 6 heteroatoms. The van der Waals surface area contributed by atoms with E-state index in [0.717, 1.165) is 78.3 Å². The van der Waals surface area contributed by atoms with Crippen LogP contribution in [0.5, 0.6) is 11.5 Å². The highest BCUT2D eigenvalue weighted by Crippen LogP contribution is 2.49. The third-order valence-corrected chi connectivity index (χ3v) is 9.60. The normalized spacial score (nSPS) is 12.6. The molecule has 0 saturated carbocycles. The third-order valence-electron chi connectivity index (χ3n) is 9.12. The minimum atomic E-state index is -0.0865. The van der Waals surface area contributed by atoms with Crippen LogP contribution in [-0.4, -0.2) is 11.7 Å². The highest BCUT2D eigenvalue weighted by atomic mass is 35.5. The van der Waals surface area contributed by atoms with E-state index in [2.05, 4.69) is 125 Å². The molecule has 0 N–H and O–H groups in total. The number of para-hydroxylation sites is 1. The zero-order valence-electron chi connectivity index (χ0n) is 25.1. The summed E-state index contributed by atoms with van der Waals surface area (Å²) >= 11 is 13.4. The van der Waals surface area contributed by atoms with Crippen LogP contribution in [0.1, 0.15) is 0 Å². The molecule has 0 spiro atoms. The average Bonchev–Trinajstić information content (AvgIpc) is 3.12.